The average Bonchev–Trinajstić information content (AvgIpc) is 2.78. The zero-order valence-electron chi connectivity index (χ0n) is 12.5. The van der Waals surface area contributed by atoms with Crippen LogP contribution in [-0.4, -0.2) is 25.3 Å². The number of nitrogens with zero attached hydrogens (tertiary/aromatic N) is 1. The lowest BCUT2D eigenvalue weighted by Gasteiger charge is -2.12. The number of nitrogens with two attached hydrogens (primary N) is 1. The first-order valence-electron chi connectivity index (χ1n) is 6.75. The fourth-order valence-corrected chi connectivity index (χ4v) is 3.19. The summed E-state index contributed by atoms with van der Waals surface area (Å²) in [6.07, 6.45) is 0.774. The maximum Gasteiger partial charge on any atom is 0.307 e. The third-order valence-electron chi connectivity index (χ3n) is 3.31. The van der Waals surface area contributed by atoms with Crippen molar-refractivity contribution in [1.82, 2.24) is 4.57 Å². The molecular formula is C15H20N2O3S. The van der Waals surface area contributed by atoms with Crippen LogP contribution in [0.1, 0.15) is 11.3 Å². The molecule has 5 nitrogen and oxygen atoms in total. The standard InChI is InChI=1S/C15H20N2O3S/c1-10-14(17(8-4-7-16)15(18)21-10)11-5-6-12(19-2)13(9-11)20-3/h5-6,9H,4,7-8,16H2,1-3H3. The number of hydrogen-bond donors (Lipinski definition) is 1. The van der Waals surface area contributed by atoms with Gasteiger partial charge in [-0.15, -0.1) is 0 Å². The molecule has 0 aliphatic rings. The van der Waals surface area contributed by atoms with Crippen molar-refractivity contribution in [2.75, 3.05) is 20.8 Å². The van der Waals surface area contributed by atoms with E-state index in [0.29, 0.717) is 24.6 Å². The largest absolute Gasteiger partial charge is 0.493 e. The first-order valence-corrected chi connectivity index (χ1v) is 7.56. The molecule has 0 atom stereocenters. The number of hydrogen-bond acceptors (Lipinski definition) is 5. The molecule has 2 aromatic rings. The van der Waals surface area contributed by atoms with E-state index in [1.54, 1.807) is 18.8 Å². The Morgan fingerprint density at radius 3 is 2.57 bits per heavy atom. The second-order valence-electron chi connectivity index (χ2n) is 4.64. The van der Waals surface area contributed by atoms with Gasteiger partial charge in [0.05, 0.1) is 19.9 Å². The van der Waals surface area contributed by atoms with Crippen molar-refractivity contribution in [3.05, 3.63) is 32.7 Å². The highest BCUT2D eigenvalue weighted by Gasteiger charge is 2.15. The lowest BCUT2D eigenvalue weighted by atomic mass is 10.1. The Morgan fingerprint density at radius 1 is 1.24 bits per heavy atom. The summed E-state index contributed by atoms with van der Waals surface area (Å²) in [6, 6.07) is 5.68. The van der Waals surface area contributed by atoms with Gasteiger partial charge in [0, 0.05) is 17.0 Å². The molecule has 0 aliphatic heterocycles. The summed E-state index contributed by atoms with van der Waals surface area (Å²) in [5.74, 6) is 1.32. The number of benzene rings is 1. The van der Waals surface area contributed by atoms with Crippen LogP contribution in [0.5, 0.6) is 11.5 Å². The summed E-state index contributed by atoms with van der Waals surface area (Å²) >= 11 is 1.26. The van der Waals surface area contributed by atoms with Gasteiger partial charge >= 0.3 is 4.87 Å². The molecule has 1 aromatic carbocycles. The molecule has 0 saturated carbocycles. The first kappa shape index (κ1) is 15.6. The number of aryl methyl sites for hydroxylation is 1. The smallest absolute Gasteiger partial charge is 0.307 e. The van der Waals surface area contributed by atoms with Gasteiger partial charge in [0.25, 0.3) is 0 Å². The van der Waals surface area contributed by atoms with Gasteiger partial charge in [-0.1, -0.05) is 11.3 Å². The van der Waals surface area contributed by atoms with Gasteiger partial charge in [-0.05, 0) is 38.1 Å². The van der Waals surface area contributed by atoms with Crippen LogP contribution >= 0.6 is 11.3 Å². The quantitative estimate of drug-likeness (QED) is 0.889. The predicted octanol–water partition coefficient (Wildman–Crippen LogP) is 2.25. The van der Waals surface area contributed by atoms with Crippen molar-refractivity contribution in [3.63, 3.8) is 0 Å². The Balaban J connectivity index is 2.53. The van der Waals surface area contributed by atoms with Crippen LogP contribution < -0.4 is 20.1 Å². The van der Waals surface area contributed by atoms with E-state index in [0.717, 1.165) is 22.6 Å². The van der Waals surface area contributed by atoms with E-state index >= 15 is 0 Å². The predicted molar refractivity (Wildman–Crippen MR) is 85.5 cm³/mol. The molecule has 0 saturated heterocycles. The van der Waals surface area contributed by atoms with E-state index in [1.165, 1.54) is 11.3 Å². The van der Waals surface area contributed by atoms with Crippen LogP contribution in [0.3, 0.4) is 0 Å². The molecule has 6 heteroatoms. The average molecular weight is 308 g/mol. The zero-order valence-corrected chi connectivity index (χ0v) is 13.3. The van der Waals surface area contributed by atoms with Crippen molar-refractivity contribution in [2.45, 2.75) is 19.9 Å². The highest BCUT2D eigenvalue weighted by Crippen LogP contribution is 2.34. The Morgan fingerprint density at radius 2 is 1.95 bits per heavy atom. The summed E-state index contributed by atoms with van der Waals surface area (Å²) in [6.45, 7) is 3.15. The number of rotatable bonds is 6. The third kappa shape index (κ3) is 3.11. The fourth-order valence-electron chi connectivity index (χ4n) is 2.31. The molecule has 2 rings (SSSR count). The Kier molecular flexibility index (Phi) is 5.03. The second-order valence-corrected chi connectivity index (χ2v) is 5.80. The fraction of sp³-hybridized carbons (Fsp3) is 0.400. The van der Waals surface area contributed by atoms with Gasteiger partial charge in [0.1, 0.15) is 0 Å². The van der Waals surface area contributed by atoms with Gasteiger partial charge in [-0.2, -0.15) is 0 Å². The summed E-state index contributed by atoms with van der Waals surface area (Å²) in [4.78, 5) is 13.1. The highest BCUT2D eigenvalue weighted by molar-refractivity contribution is 7.09. The minimum atomic E-state index is 0.0470. The molecule has 0 unspecified atom stereocenters. The van der Waals surface area contributed by atoms with Crippen molar-refractivity contribution in [3.8, 4) is 22.8 Å². The molecule has 114 valence electrons. The number of thiazole rings is 1. The van der Waals surface area contributed by atoms with Crippen LogP contribution in [0.15, 0.2) is 23.0 Å². The van der Waals surface area contributed by atoms with Gasteiger partial charge in [-0.3, -0.25) is 9.36 Å². The molecule has 0 aliphatic carbocycles. The Hall–Kier alpha value is -1.79. The van der Waals surface area contributed by atoms with Crippen LogP contribution in [0.25, 0.3) is 11.3 Å². The van der Waals surface area contributed by atoms with E-state index < -0.39 is 0 Å². The maximum atomic E-state index is 12.1. The van der Waals surface area contributed by atoms with E-state index in [1.807, 2.05) is 25.1 Å². The van der Waals surface area contributed by atoms with Gasteiger partial charge < -0.3 is 15.2 Å². The molecule has 0 bridgehead atoms. The molecule has 21 heavy (non-hydrogen) atoms. The SMILES string of the molecule is COc1ccc(-c2c(C)sc(=O)n2CCCN)cc1OC. The molecule has 0 spiro atoms. The van der Waals surface area contributed by atoms with E-state index in [-0.39, 0.29) is 4.87 Å². The molecule has 1 heterocycles. The second kappa shape index (κ2) is 6.78. The van der Waals surface area contributed by atoms with E-state index in [9.17, 15) is 4.79 Å². The molecule has 0 fully saturated rings. The van der Waals surface area contributed by atoms with Gasteiger partial charge in [0.15, 0.2) is 11.5 Å². The number of methoxy groups -OCH3 is 2. The number of aromatic nitrogens is 1. The van der Waals surface area contributed by atoms with E-state index in [4.69, 9.17) is 15.2 Å². The highest BCUT2D eigenvalue weighted by atomic mass is 32.1. The van der Waals surface area contributed by atoms with Gasteiger partial charge in [0.2, 0.25) is 0 Å². The zero-order chi connectivity index (χ0) is 15.4. The third-order valence-corrected chi connectivity index (χ3v) is 4.20. The molecule has 2 N–H and O–H groups in total. The Labute approximate surface area is 127 Å². The summed E-state index contributed by atoms with van der Waals surface area (Å²) in [5, 5.41) is 0. The monoisotopic (exact) mass is 308 g/mol. The minimum absolute atomic E-state index is 0.0470. The van der Waals surface area contributed by atoms with Crippen molar-refractivity contribution in [1.29, 1.82) is 0 Å². The summed E-state index contributed by atoms with van der Waals surface area (Å²) in [5.41, 5.74) is 7.43. The lowest BCUT2D eigenvalue weighted by Crippen LogP contribution is -2.16. The van der Waals surface area contributed by atoms with Crippen molar-refractivity contribution in [2.24, 2.45) is 5.73 Å². The lowest BCUT2D eigenvalue weighted by molar-refractivity contribution is 0.355. The molecule has 0 radical (unpaired) electrons. The first-order chi connectivity index (χ1) is 10.1. The summed E-state index contributed by atoms with van der Waals surface area (Å²) < 4.78 is 12.4. The summed E-state index contributed by atoms with van der Waals surface area (Å²) in [7, 11) is 3.20. The Bertz CT molecular complexity index is 676. The minimum Gasteiger partial charge on any atom is -0.493 e. The molecule has 1 aromatic heterocycles. The van der Waals surface area contributed by atoms with Crippen molar-refractivity contribution >= 4 is 11.3 Å². The maximum absolute atomic E-state index is 12.1. The van der Waals surface area contributed by atoms with Crippen LogP contribution in [0, 0.1) is 6.92 Å². The van der Waals surface area contributed by atoms with Crippen LogP contribution in [0.4, 0.5) is 0 Å². The van der Waals surface area contributed by atoms with Gasteiger partial charge in [-0.25, -0.2) is 0 Å². The van der Waals surface area contributed by atoms with Crippen LogP contribution in [-0.2, 0) is 6.54 Å². The van der Waals surface area contributed by atoms with Crippen LogP contribution in [0.2, 0.25) is 0 Å². The normalized spacial score (nSPS) is 10.7. The number of ether oxygens (including phenoxy) is 2. The molecular weight excluding hydrogens is 288 g/mol. The van der Waals surface area contributed by atoms with Crippen molar-refractivity contribution < 1.29 is 9.47 Å². The topological polar surface area (TPSA) is 66.5 Å². The van der Waals surface area contributed by atoms with E-state index in [2.05, 4.69) is 0 Å². The molecule has 0 amide bonds.